The number of nitrogens with one attached hydrogen (secondary N) is 2. The standard InChI is InChI=1S/C27H26BF3N4O3/c1-18-5-7-20(8-6-18)15-25(28(37)38)35-26(36)33-12-11-19-3-2-4-21(13-19)14-22(16-32)24-10-9-23(17-34-24)27(29,30)31/h2-10,13-14,17,25,37-38H,11-12,15H2,1H3,(H2,33,35,36)/t25-/m0/s1. The first-order valence-electron chi connectivity index (χ1n) is 11.8. The van der Waals surface area contributed by atoms with Crippen LogP contribution in [0.25, 0.3) is 11.6 Å². The van der Waals surface area contributed by atoms with Crippen molar-refractivity contribution in [3.05, 3.63) is 100 Å². The summed E-state index contributed by atoms with van der Waals surface area (Å²) >= 11 is 0. The molecule has 1 heterocycles. The van der Waals surface area contributed by atoms with Gasteiger partial charge in [0, 0.05) is 12.7 Å². The molecule has 0 aliphatic rings. The molecule has 3 aromatic rings. The summed E-state index contributed by atoms with van der Waals surface area (Å²) in [5, 5.41) is 34.1. The number of carbonyl (C=O) groups excluding carboxylic acids is 1. The molecule has 2 amide bonds. The van der Waals surface area contributed by atoms with E-state index in [9.17, 15) is 33.3 Å². The number of halogens is 3. The molecule has 0 fully saturated rings. The Morgan fingerprint density at radius 2 is 1.87 bits per heavy atom. The highest BCUT2D eigenvalue weighted by Crippen LogP contribution is 2.29. The van der Waals surface area contributed by atoms with E-state index in [1.54, 1.807) is 18.2 Å². The van der Waals surface area contributed by atoms with Crippen LogP contribution in [-0.2, 0) is 19.0 Å². The fourth-order valence-corrected chi connectivity index (χ4v) is 3.64. The molecule has 0 aliphatic carbocycles. The number of urea groups is 1. The molecule has 0 radical (unpaired) electrons. The first-order valence-corrected chi connectivity index (χ1v) is 11.8. The second kappa shape index (κ2) is 12.9. The van der Waals surface area contributed by atoms with Crippen molar-refractivity contribution < 1.29 is 28.0 Å². The van der Waals surface area contributed by atoms with Crippen molar-refractivity contribution in [1.29, 1.82) is 5.26 Å². The van der Waals surface area contributed by atoms with Crippen LogP contribution in [0.5, 0.6) is 0 Å². The number of hydrogen-bond acceptors (Lipinski definition) is 5. The number of nitriles is 1. The fraction of sp³-hybridized carbons (Fsp3) is 0.222. The number of nitrogens with zero attached hydrogens (tertiary/aromatic N) is 2. The number of rotatable bonds is 9. The Morgan fingerprint density at radius 3 is 2.47 bits per heavy atom. The molecule has 1 atom stereocenters. The summed E-state index contributed by atoms with van der Waals surface area (Å²) < 4.78 is 38.3. The number of allylic oxidation sites excluding steroid dienone is 1. The van der Waals surface area contributed by atoms with Crippen LogP contribution in [0.2, 0.25) is 0 Å². The Labute approximate surface area is 218 Å². The van der Waals surface area contributed by atoms with Crippen LogP contribution in [0, 0.1) is 18.3 Å². The van der Waals surface area contributed by atoms with Crippen LogP contribution < -0.4 is 10.6 Å². The number of hydrogen-bond donors (Lipinski definition) is 4. The van der Waals surface area contributed by atoms with Gasteiger partial charge in [-0.05, 0) is 54.7 Å². The molecular formula is C27H26BF3N4O3. The lowest BCUT2D eigenvalue weighted by atomic mass is 9.76. The minimum Gasteiger partial charge on any atom is -0.426 e. The molecule has 0 spiro atoms. The number of aryl methyl sites for hydroxylation is 1. The van der Waals surface area contributed by atoms with Gasteiger partial charge in [-0.15, -0.1) is 0 Å². The molecule has 7 nitrogen and oxygen atoms in total. The second-order valence-corrected chi connectivity index (χ2v) is 8.70. The summed E-state index contributed by atoms with van der Waals surface area (Å²) in [5.74, 6) is -0.894. The summed E-state index contributed by atoms with van der Waals surface area (Å²) in [4.78, 5) is 16.1. The summed E-state index contributed by atoms with van der Waals surface area (Å²) in [6.45, 7) is 2.20. The highest BCUT2D eigenvalue weighted by Gasteiger charge is 2.30. The van der Waals surface area contributed by atoms with Gasteiger partial charge in [0.1, 0.15) is 6.07 Å². The average Bonchev–Trinajstić information content (AvgIpc) is 2.88. The molecule has 0 bridgehead atoms. The van der Waals surface area contributed by atoms with Gasteiger partial charge in [-0.1, -0.05) is 54.1 Å². The zero-order valence-electron chi connectivity index (χ0n) is 20.5. The molecule has 11 heteroatoms. The summed E-state index contributed by atoms with van der Waals surface area (Å²) in [6.07, 6.45) is -1.61. The summed E-state index contributed by atoms with van der Waals surface area (Å²) in [7, 11) is -1.74. The SMILES string of the molecule is Cc1ccc(C[C@H](NC(=O)NCCc2cccc(C=C(C#N)c3ccc(C(F)(F)F)cn3)c2)B(O)O)cc1. The number of benzene rings is 2. The van der Waals surface area contributed by atoms with Crippen molar-refractivity contribution in [2.45, 2.75) is 31.9 Å². The topological polar surface area (TPSA) is 118 Å². The maximum absolute atomic E-state index is 12.8. The first kappa shape index (κ1) is 28.4. The highest BCUT2D eigenvalue weighted by molar-refractivity contribution is 6.43. The van der Waals surface area contributed by atoms with E-state index in [4.69, 9.17) is 0 Å². The van der Waals surface area contributed by atoms with Crippen molar-refractivity contribution in [1.82, 2.24) is 15.6 Å². The third-order valence-corrected chi connectivity index (χ3v) is 5.70. The van der Waals surface area contributed by atoms with E-state index < -0.39 is 30.8 Å². The number of amides is 2. The molecule has 0 saturated heterocycles. The Morgan fingerprint density at radius 1 is 1.13 bits per heavy atom. The van der Waals surface area contributed by atoms with E-state index in [1.807, 2.05) is 43.3 Å². The van der Waals surface area contributed by atoms with Gasteiger partial charge in [-0.2, -0.15) is 18.4 Å². The maximum Gasteiger partial charge on any atom is 0.475 e. The predicted molar refractivity (Wildman–Crippen MR) is 138 cm³/mol. The van der Waals surface area contributed by atoms with Crippen molar-refractivity contribution in [3.8, 4) is 6.07 Å². The Balaban J connectivity index is 1.57. The van der Waals surface area contributed by atoms with Crippen LogP contribution in [0.4, 0.5) is 18.0 Å². The van der Waals surface area contributed by atoms with Gasteiger partial charge in [0.15, 0.2) is 0 Å². The lowest BCUT2D eigenvalue weighted by molar-refractivity contribution is -0.137. The second-order valence-electron chi connectivity index (χ2n) is 8.70. The molecule has 0 unspecified atom stereocenters. The van der Waals surface area contributed by atoms with Crippen molar-refractivity contribution >= 4 is 24.8 Å². The van der Waals surface area contributed by atoms with Gasteiger partial charge in [0.25, 0.3) is 0 Å². The molecule has 3 rings (SSSR count). The lowest BCUT2D eigenvalue weighted by Crippen LogP contribution is -2.51. The van der Waals surface area contributed by atoms with E-state index in [0.29, 0.717) is 18.2 Å². The van der Waals surface area contributed by atoms with Crippen molar-refractivity contribution in [3.63, 3.8) is 0 Å². The smallest absolute Gasteiger partial charge is 0.426 e. The molecule has 0 aliphatic heterocycles. The Bertz CT molecular complexity index is 1300. The van der Waals surface area contributed by atoms with Gasteiger partial charge >= 0.3 is 19.3 Å². The quantitative estimate of drug-likeness (QED) is 0.251. The summed E-state index contributed by atoms with van der Waals surface area (Å²) in [6, 6.07) is 18.1. The number of aromatic nitrogens is 1. The van der Waals surface area contributed by atoms with Gasteiger partial charge in [-0.3, -0.25) is 4.98 Å². The number of pyridine rings is 1. The van der Waals surface area contributed by atoms with Crippen LogP contribution in [-0.4, -0.2) is 40.7 Å². The van der Waals surface area contributed by atoms with Crippen LogP contribution in [0.3, 0.4) is 0 Å². The Kier molecular flexibility index (Phi) is 9.65. The molecule has 4 N–H and O–H groups in total. The molecule has 2 aromatic carbocycles. The van der Waals surface area contributed by atoms with E-state index in [-0.39, 0.29) is 24.2 Å². The maximum atomic E-state index is 12.8. The van der Waals surface area contributed by atoms with Gasteiger partial charge in [-0.25, -0.2) is 4.79 Å². The van der Waals surface area contributed by atoms with Gasteiger partial charge in [0.05, 0.1) is 22.8 Å². The largest absolute Gasteiger partial charge is 0.475 e. The molecule has 196 valence electrons. The van der Waals surface area contributed by atoms with Crippen molar-refractivity contribution in [2.24, 2.45) is 0 Å². The Hall–Kier alpha value is -4.14. The highest BCUT2D eigenvalue weighted by atomic mass is 19.4. The minimum atomic E-state index is -4.51. The predicted octanol–water partition coefficient (Wildman–Crippen LogP) is 3.94. The fourth-order valence-electron chi connectivity index (χ4n) is 3.64. The molecular weight excluding hydrogens is 496 g/mol. The van der Waals surface area contributed by atoms with Crippen LogP contribution >= 0.6 is 0 Å². The summed E-state index contributed by atoms with van der Waals surface area (Å²) in [5.41, 5.74) is 2.74. The average molecular weight is 522 g/mol. The van der Waals surface area contributed by atoms with E-state index in [2.05, 4.69) is 15.6 Å². The third-order valence-electron chi connectivity index (χ3n) is 5.70. The molecule has 0 saturated carbocycles. The first-order chi connectivity index (χ1) is 18.0. The zero-order valence-corrected chi connectivity index (χ0v) is 20.5. The number of carbonyl (C=O) groups is 1. The minimum absolute atomic E-state index is 0.107. The van der Waals surface area contributed by atoms with Crippen LogP contribution in [0.15, 0.2) is 66.9 Å². The van der Waals surface area contributed by atoms with E-state index in [0.717, 1.165) is 28.8 Å². The van der Waals surface area contributed by atoms with Crippen LogP contribution in [0.1, 0.15) is 33.5 Å². The van der Waals surface area contributed by atoms with Gasteiger partial charge in [0.2, 0.25) is 0 Å². The molecule has 1 aromatic heterocycles. The van der Waals surface area contributed by atoms with Crippen molar-refractivity contribution in [2.75, 3.05) is 6.54 Å². The third kappa shape index (κ3) is 8.47. The normalized spacial score (nSPS) is 12.4. The number of alkyl halides is 3. The zero-order chi connectivity index (χ0) is 27.7. The van der Waals surface area contributed by atoms with E-state index in [1.165, 1.54) is 6.08 Å². The van der Waals surface area contributed by atoms with E-state index >= 15 is 0 Å². The lowest BCUT2D eigenvalue weighted by Gasteiger charge is -2.18. The van der Waals surface area contributed by atoms with Gasteiger partial charge < -0.3 is 20.7 Å². The molecule has 38 heavy (non-hydrogen) atoms. The monoisotopic (exact) mass is 522 g/mol.